The molecule has 3 aliphatic rings. The van der Waals surface area contributed by atoms with Crippen LogP contribution in [0.1, 0.15) is 35.3 Å². The third-order valence-corrected chi connectivity index (χ3v) is 7.74. The number of amides is 1. The molecular weight excluding hydrogens is 485 g/mol. The number of nitrogens with one attached hydrogen (secondary N) is 2. The number of nitrogens with zero attached hydrogens (tertiary/aromatic N) is 3. The summed E-state index contributed by atoms with van der Waals surface area (Å²) in [6.07, 6.45) is 2.44. The molecule has 3 aromatic rings. The topological polar surface area (TPSA) is 111 Å². The standard InChI is InChI=1S/C29H28FN5O3/c30-19-5-7-24(18(11-19)14-31)35-16-29(17-35)12-21(13-29)38-26-8-6-23(22-3-1-2-4-25(22)36)34-27(26)28(37)33-20-9-10-32-15-20/h1-8,11,20-21,32,36H,9-10,12-13,15-17H2,(H,33,37)/t20-/m1/s1. The predicted octanol–water partition coefficient (Wildman–Crippen LogP) is 3.60. The van der Waals surface area contributed by atoms with Crippen molar-refractivity contribution in [2.45, 2.75) is 31.4 Å². The molecule has 1 aromatic heterocycles. The van der Waals surface area contributed by atoms with Crippen molar-refractivity contribution >= 4 is 11.6 Å². The van der Waals surface area contributed by atoms with Crippen LogP contribution in [0, 0.1) is 22.6 Å². The molecule has 1 atom stereocenters. The number of halogens is 1. The van der Waals surface area contributed by atoms with Crippen LogP contribution in [0.4, 0.5) is 10.1 Å². The van der Waals surface area contributed by atoms with Crippen LogP contribution in [-0.2, 0) is 0 Å². The van der Waals surface area contributed by atoms with Crippen molar-refractivity contribution in [3.63, 3.8) is 0 Å². The van der Waals surface area contributed by atoms with E-state index >= 15 is 0 Å². The number of phenols is 1. The molecule has 0 bridgehead atoms. The molecule has 8 nitrogen and oxygen atoms in total. The van der Waals surface area contributed by atoms with Gasteiger partial charge in [-0.25, -0.2) is 9.37 Å². The SMILES string of the molecule is N#Cc1cc(F)ccc1N1CC2(CC(Oc3ccc(-c4ccccc4O)nc3C(=O)N[C@@H]3CCNC3)C2)C1. The largest absolute Gasteiger partial charge is 0.507 e. The molecule has 38 heavy (non-hydrogen) atoms. The van der Waals surface area contributed by atoms with Crippen LogP contribution >= 0.6 is 0 Å². The predicted molar refractivity (Wildman–Crippen MR) is 139 cm³/mol. The normalized spacial score (nSPS) is 19.9. The minimum absolute atomic E-state index is 0.0311. The first kappa shape index (κ1) is 24.2. The van der Waals surface area contributed by atoms with Crippen LogP contribution in [0.2, 0.25) is 0 Å². The summed E-state index contributed by atoms with van der Waals surface area (Å²) in [5, 5.41) is 26.0. The molecule has 3 heterocycles. The number of anilines is 1. The van der Waals surface area contributed by atoms with Crippen LogP contribution in [0.5, 0.6) is 11.5 Å². The number of carbonyl (C=O) groups excluding carboxylic acids is 1. The lowest BCUT2D eigenvalue weighted by Gasteiger charge is -2.59. The molecule has 2 aromatic carbocycles. The van der Waals surface area contributed by atoms with E-state index in [-0.39, 0.29) is 34.9 Å². The molecule has 9 heteroatoms. The summed E-state index contributed by atoms with van der Waals surface area (Å²) in [4.78, 5) is 20.0. The maximum Gasteiger partial charge on any atom is 0.274 e. The van der Waals surface area contributed by atoms with Crippen molar-refractivity contribution in [1.29, 1.82) is 5.26 Å². The molecule has 1 saturated carbocycles. The van der Waals surface area contributed by atoms with E-state index in [1.807, 2.05) is 6.07 Å². The number of aromatic nitrogens is 1. The van der Waals surface area contributed by atoms with Gasteiger partial charge >= 0.3 is 0 Å². The van der Waals surface area contributed by atoms with E-state index in [9.17, 15) is 19.6 Å². The van der Waals surface area contributed by atoms with Gasteiger partial charge < -0.3 is 25.4 Å². The van der Waals surface area contributed by atoms with Gasteiger partial charge in [-0.1, -0.05) is 12.1 Å². The Balaban J connectivity index is 1.16. The van der Waals surface area contributed by atoms with Crippen molar-refractivity contribution in [3.05, 3.63) is 71.7 Å². The fraction of sp³-hybridized carbons (Fsp3) is 0.345. The first-order chi connectivity index (χ1) is 18.4. The van der Waals surface area contributed by atoms with Crippen molar-refractivity contribution in [2.75, 3.05) is 31.1 Å². The summed E-state index contributed by atoms with van der Waals surface area (Å²) in [5.41, 5.74) is 2.44. The van der Waals surface area contributed by atoms with Gasteiger partial charge in [0.05, 0.1) is 16.9 Å². The second-order valence-electron chi connectivity index (χ2n) is 10.5. The highest BCUT2D eigenvalue weighted by molar-refractivity contribution is 5.96. The Labute approximate surface area is 220 Å². The van der Waals surface area contributed by atoms with E-state index < -0.39 is 5.82 Å². The highest BCUT2D eigenvalue weighted by Crippen LogP contribution is 2.51. The zero-order chi connectivity index (χ0) is 26.3. The Kier molecular flexibility index (Phi) is 6.12. The molecule has 3 fully saturated rings. The summed E-state index contributed by atoms with van der Waals surface area (Å²) < 4.78 is 19.8. The Hall–Kier alpha value is -4.16. The van der Waals surface area contributed by atoms with Gasteiger partial charge in [0.2, 0.25) is 0 Å². The van der Waals surface area contributed by atoms with Gasteiger partial charge in [0.25, 0.3) is 5.91 Å². The number of ether oxygens (including phenoxy) is 1. The van der Waals surface area contributed by atoms with Crippen LogP contribution in [0.25, 0.3) is 11.3 Å². The number of para-hydroxylation sites is 1. The van der Waals surface area contributed by atoms with Crippen molar-refractivity contribution < 1.29 is 19.0 Å². The van der Waals surface area contributed by atoms with Crippen LogP contribution in [0.3, 0.4) is 0 Å². The molecule has 3 N–H and O–H groups in total. The van der Waals surface area contributed by atoms with Gasteiger partial charge in [0.15, 0.2) is 11.4 Å². The fourth-order valence-electron chi connectivity index (χ4n) is 5.81. The number of aromatic hydroxyl groups is 1. The number of carbonyl (C=O) groups is 1. The third-order valence-electron chi connectivity index (χ3n) is 7.74. The van der Waals surface area contributed by atoms with Gasteiger partial charge in [-0.15, -0.1) is 0 Å². The Morgan fingerprint density at radius 2 is 2.03 bits per heavy atom. The smallest absolute Gasteiger partial charge is 0.274 e. The van der Waals surface area contributed by atoms with E-state index in [2.05, 4.69) is 26.6 Å². The van der Waals surface area contributed by atoms with E-state index in [0.717, 1.165) is 44.6 Å². The van der Waals surface area contributed by atoms with Gasteiger partial charge in [-0.05, 0) is 68.3 Å². The Bertz CT molecular complexity index is 1420. The minimum Gasteiger partial charge on any atom is -0.507 e. The number of rotatable bonds is 6. The molecule has 194 valence electrons. The highest BCUT2D eigenvalue weighted by Gasteiger charge is 2.54. The average molecular weight is 514 g/mol. The molecule has 1 spiro atoms. The summed E-state index contributed by atoms with van der Waals surface area (Å²) in [6, 6.07) is 16.8. The lowest BCUT2D eigenvalue weighted by molar-refractivity contribution is -0.0344. The first-order valence-electron chi connectivity index (χ1n) is 12.9. The molecule has 0 unspecified atom stereocenters. The van der Waals surface area contributed by atoms with E-state index in [4.69, 9.17) is 4.74 Å². The van der Waals surface area contributed by atoms with E-state index in [1.165, 1.54) is 12.1 Å². The lowest BCUT2D eigenvalue weighted by Crippen LogP contribution is -2.65. The summed E-state index contributed by atoms with van der Waals surface area (Å²) in [5.74, 6) is -0.191. The Morgan fingerprint density at radius 3 is 2.76 bits per heavy atom. The number of benzene rings is 2. The number of phenolic OH excluding ortho intramolecular Hbond substituents is 1. The molecule has 0 radical (unpaired) electrons. The number of nitriles is 1. The van der Waals surface area contributed by atoms with Crippen LogP contribution in [-0.4, -0.2) is 54.3 Å². The minimum atomic E-state index is -0.413. The van der Waals surface area contributed by atoms with Crippen molar-refractivity contribution in [1.82, 2.24) is 15.6 Å². The van der Waals surface area contributed by atoms with Gasteiger partial charge in [0, 0.05) is 36.7 Å². The molecule has 2 aliphatic heterocycles. The second kappa shape index (κ2) is 9.62. The van der Waals surface area contributed by atoms with Crippen LogP contribution in [0.15, 0.2) is 54.6 Å². The summed E-state index contributed by atoms with van der Waals surface area (Å²) in [6.45, 7) is 3.12. The van der Waals surface area contributed by atoms with Crippen molar-refractivity contribution in [2.24, 2.45) is 5.41 Å². The van der Waals surface area contributed by atoms with Gasteiger partial charge in [0.1, 0.15) is 23.7 Å². The molecule has 1 amide bonds. The zero-order valence-corrected chi connectivity index (χ0v) is 20.8. The highest BCUT2D eigenvalue weighted by atomic mass is 19.1. The van der Waals surface area contributed by atoms with Crippen LogP contribution < -0.4 is 20.3 Å². The number of pyridine rings is 1. The maximum absolute atomic E-state index is 13.5. The summed E-state index contributed by atoms with van der Waals surface area (Å²) >= 11 is 0. The molecular formula is C29H28FN5O3. The fourth-order valence-corrected chi connectivity index (χ4v) is 5.81. The van der Waals surface area contributed by atoms with E-state index in [1.54, 1.807) is 36.4 Å². The molecule has 1 aliphatic carbocycles. The quantitative estimate of drug-likeness (QED) is 0.462. The second-order valence-corrected chi connectivity index (χ2v) is 10.5. The lowest BCUT2D eigenvalue weighted by atomic mass is 9.61. The maximum atomic E-state index is 13.5. The van der Waals surface area contributed by atoms with E-state index in [0.29, 0.717) is 29.1 Å². The van der Waals surface area contributed by atoms with Gasteiger partial charge in [-0.2, -0.15) is 5.26 Å². The Morgan fingerprint density at radius 1 is 1.21 bits per heavy atom. The van der Waals surface area contributed by atoms with Crippen molar-refractivity contribution in [3.8, 4) is 28.8 Å². The average Bonchev–Trinajstić information content (AvgIpc) is 3.38. The third kappa shape index (κ3) is 4.52. The molecule has 2 saturated heterocycles. The number of hydrogen-bond donors (Lipinski definition) is 3. The summed E-state index contributed by atoms with van der Waals surface area (Å²) in [7, 11) is 0. The molecule has 6 rings (SSSR count). The monoisotopic (exact) mass is 513 g/mol. The zero-order valence-electron chi connectivity index (χ0n) is 20.8. The number of hydrogen-bond acceptors (Lipinski definition) is 7. The first-order valence-corrected chi connectivity index (χ1v) is 12.9. The van der Waals surface area contributed by atoms with Gasteiger partial charge in [-0.3, -0.25) is 4.79 Å².